The summed E-state index contributed by atoms with van der Waals surface area (Å²) in [5.74, 6) is 1.30. The van der Waals surface area contributed by atoms with Gasteiger partial charge in [-0.2, -0.15) is 0 Å². The first kappa shape index (κ1) is 19.6. The number of nitrogens with one attached hydrogen (secondary N) is 1. The van der Waals surface area contributed by atoms with E-state index in [2.05, 4.69) is 5.32 Å². The van der Waals surface area contributed by atoms with Crippen molar-refractivity contribution in [1.82, 2.24) is 5.32 Å². The zero-order valence-corrected chi connectivity index (χ0v) is 17.2. The van der Waals surface area contributed by atoms with Crippen LogP contribution in [0.5, 0.6) is 11.5 Å². The average Bonchev–Trinajstić information content (AvgIpc) is 2.56. The van der Waals surface area contributed by atoms with Gasteiger partial charge in [-0.1, -0.05) is 23.7 Å². The predicted molar refractivity (Wildman–Crippen MR) is 108 cm³/mol. The van der Waals surface area contributed by atoms with Crippen molar-refractivity contribution in [2.45, 2.75) is 58.8 Å². The molecule has 0 bridgehead atoms. The molecular formula is C22H26ClNO3. The number of carbonyl (C=O) groups is 1. The number of hydrogen-bond donors (Lipinski definition) is 1. The zero-order valence-electron chi connectivity index (χ0n) is 16.4. The van der Waals surface area contributed by atoms with Gasteiger partial charge >= 0.3 is 0 Å². The van der Waals surface area contributed by atoms with Crippen LogP contribution in [0.4, 0.5) is 0 Å². The normalized spacial score (nSPS) is 18.8. The number of benzene rings is 2. The van der Waals surface area contributed by atoms with E-state index in [0.717, 1.165) is 22.4 Å². The van der Waals surface area contributed by atoms with Gasteiger partial charge in [0.2, 0.25) is 0 Å². The lowest BCUT2D eigenvalue weighted by atomic mass is 9.89. The van der Waals surface area contributed by atoms with Crippen molar-refractivity contribution < 1.29 is 14.3 Å². The molecule has 0 aliphatic carbocycles. The highest BCUT2D eigenvalue weighted by atomic mass is 35.5. The SMILES string of the molecule is Cc1ccc2c(c1)OC(C)(C)C[C@H]2NC(=O)[C@@H](C)Oc1ccc(Cl)c(C)c1. The molecule has 27 heavy (non-hydrogen) atoms. The second-order valence-electron chi connectivity index (χ2n) is 7.84. The van der Waals surface area contributed by atoms with Gasteiger partial charge < -0.3 is 14.8 Å². The molecule has 1 aliphatic heterocycles. The van der Waals surface area contributed by atoms with Crippen LogP contribution in [-0.4, -0.2) is 17.6 Å². The Morgan fingerprint density at radius 1 is 1.26 bits per heavy atom. The van der Waals surface area contributed by atoms with Crippen molar-refractivity contribution in [3.63, 3.8) is 0 Å². The van der Waals surface area contributed by atoms with Gasteiger partial charge in [0.15, 0.2) is 6.10 Å². The number of rotatable bonds is 4. The van der Waals surface area contributed by atoms with Crippen molar-refractivity contribution in [2.24, 2.45) is 0 Å². The van der Waals surface area contributed by atoms with Crippen molar-refractivity contribution in [2.75, 3.05) is 0 Å². The van der Waals surface area contributed by atoms with Crippen LogP contribution in [0.3, 0.4) is 0 Å². The van der Waals surface area contributed by atoms with Crippen molar-refractivity contribution in [3.8, 4) is 11.5 Å². The monoisotopic (exact) mass is 387 g/mol. The van der Waals surface area contributed by atoms with Crippen LogP contribution in [0.15, 0.2) is 36.4 Å². The molecule has 0 radical (unpaired) electrons. The lowest BCUT2D eigenvalue weighted by Crippen LogP contribution is -2.44. The van der Waals surface area contributed by atoms with Crippen molar-refractivity contribution >= 4 is 17.5 Å². The first-order valence-electron chi connectivity index (χ1n) is 9.17. The summed E-state index contributed by atoms with van der Waals surface area (Å²) in [6, 6.07) is 11.4. The third kappa shape index (κ3) is 4.56. The molecule has 3 rings (SSSR count). The topological polar surface area (TPSA) is 47.6 Å². The molecule has 1 aliphatic rings. The van der Waals surface area contributed by atoms with E-state index in [-0.39, 0.29) is 17.6 Å². The number of carbonyl (C=O) groups excluding carboxylic acids is 1. The predicted octanol–water partition coefficient (Wildman–Crippen LogP) is 5.14. The number of fused-ring (bicyclic) bond motifs is 1. The Hall–Kier alpha value is -2.20. The molecule has 144 valence electrons. The van der Waals surface area contributed by atoms with Crippen LogP contribution in [0, 0.1) is 13.8 Å². The lowest BCUT2D eigenvalue weighted by molar-refractivity contribution is -0.128. The van der Waals surface area contributed by atoms with E-state index in [4.69, 9.17) is 21.1 Å². The Bertz CT molecular complexity index is 863. The molecule has 0 saturated heterocycles. The maximum absolute atomic E-state index is 12.8. The van der Waals surface area contributed by atoms with E-state index in [1.54, 1.807) is 19.1 Å². The molecule has 0 saturated carbocycles. The number of aryl methyl sites for hydroxylation is 2. The van der Waals surface area contributed by atoms with Crippen LogP contribution in [0.25, 0.3) is 0 Å². The molecule has 0 spiro atoms. The molecule has 5 heteroatoms. The minimum Gasteiger partial charge on any atom is -0.487 e. The minimum absolute atomic E-state index is 0.116. The molecule has 0 aromatic heterocycles. The van der Waals surface area contributed by atoms with Gasteiger partial charge in [0.25, 0.3) is 5.91 Å². The molecule has 2 aromatic carbocycles. The van der Waals surface area contributed by atoms with Crippen molar-refractivity contribution in [1.29, 1.82) is 0 Å². The fourth-order valence-corrected chi connectivity index (χ4v) is 3.44. The Labute approximate surface area is 165 Å². The van der Waals surface area contributed by atoms with Gasteiger partial charge in [0.05, 0.1) is 6.04 Å². The van der Waals surface area contributed by atoms with Gasteiger partial charge in [0.1, 0.15) is 17.1 Å². The number of ether oxygens (including phenoxy) is 2. The van der Waals surface area contributed by atoms with E-state index in [1.165, 1.54) is 0 Å². The van der Waals surface area contributed by atoms with Crippen LogP contribution in [0.2, 0.25) is 5.02 Å². The summed E-state index contributed by atoms with van der Waals surface area (Å²) in [7, 11) is 0. The number of hydrogen-bond acceptors (Lipinski definition) is 3. The summed E-state index contributed by atoms with van der Waals surface area (Å²) < 4.78 is 11.9. The molecular weight excluding hydrogens is 362 g/mol. The molecule has 0 fully saturated rings. The largest absolute Gasteiger partial charge is 0.487 e. The quantitative estimate of drug-likeness (QED) is 0.789. The van der Waals surface area contributed by atoms with Gasteiger partial charge in [-0.3, -0.25) is 4.79 Å². The van der Waals surface area contributed by atoms with Crippen LogP contribution in [-0.2, 0) is 4.79 Å². The van der Waals surface area contributed by atoms with Crippen LogP contribution >= 0.6 is 11.6 Å². The van der Waals surface area contributed by atoms with Gasteiger partial charge in [-0.05, 0) is 70.0 Å². The fourth-order valence-electron chi connectivity index (χ4n) is 3.32. The van der Waals surface area contributed by atoms with E-state index >= 15 is 0 Å². The minimum atomic E-state index is -0.620. The second kappa shape index (κ2) is 7.43. The third-order valence-electron chi connectivity index (χ3n) is 4.75. The first-order valence-corrected chi connectivity index (χ1v) is 9.55. The summed E-state index contributed by atoms with van der Waals surface area (Å²) in [6.45, 7) is 9.76. The lowest BCUT2D eigenvalue weighted by Gasteiger charge is -2.38. The molecule has 2 atom stereocenters. The van der Waals surface area contributed by atoms with Gasteiger partial charge in [-0.25, -0.2) is 0 Å². The third-order valence-corrected chi connectivity index (χ3v) is 5.18. The van der Waals surface area contributed by atoms with Crippen LogP contribution in [0.1, 0.15) is 49.9 Å². The summed E-state index contributed by atoms with van der Waals surface area (Å²) in [5.41, 5.74) is 2.70. The van der Waals surface area contributed by atoms with E-state index in [1.807, 2.05) is 52.0 Å². The molecule has 1 N–H and O–H groups in total. The molecule has 2 aromatic rings. The molecule has 0 unspecified atom stereocenters. The van der Waals surface area contributed by atoms with E-state index in [9.17, 15) is 4.79 Å². The first-order chi connectivity index (χ1) is 12.6. The zero-order chi connectivity index (χ0) is 19.8. The van der Waals surface area contributed by atoms with Crippen molar-refractivity contribution in [3.05, 3.63) is 58.1 Å². The Kier molecular flexibility index (Phi) is 5.38. The summed E-state index contributed by atoms with van der Waals surface area (Å²) in [6.07, 6.45) is 0.0760. The maximum atomic E-state index is 12.8. The maximum Gasteiger partial charge on any atom is 0.261 e. The fraction of sp³-hybridized carbons (Fsp3) is 0.409. The molecule has 4 nitrogen and oxygen atoms in total. The van der Waals surface area contributed by atoms with Gasteiger partial charge in [0, 0.05) is 17.0 Å². The Morgan fingerprint density at radius 3 is 2.70 bits per heavy atom. The number of halogens is 1. The summed E-state index contributed by atoms with van der Waals surface area (Å²) >= 11 is 6.05. The Balaban J connectivity index is 1.74. The highest BCUT2D eigenvalue weighted by molar-refractivity contribution is 6.31. The summed E-state index contributed by atoms with van der Waals surface area (Å²) in [4.78, 5) is 12.8. The standard InChI is InChI=1S/C22H26ClNO3/c1-13-6-8-17-19(12-22(4,5)27-20(17)10-13)24-21(25)15(3)26-16-7-9-18(23)14(2)11-16/h6-11,15,19H,12H2,1-5H3,(H,24,25)/t15-,19-/m1/s1. The molecule has 1 heterocycles. The summed E-state index contributed by atoms with van der Waals surface area (Å²) in [5, 5.41) is 3.80. The second-order valence-corrected chi connectivity index (χ2v) is 8.25. The van der Waals surface area contributed by atoms with E-state index in [0.29, 0.717) is 17.2 Å². The van der Waals surface area contributed by atoms with E-state index < -0.39 is 6.10 Å². The Morgan fingerprint density at radius 2 is 2.00 bits per heavy atom. The average molecular weight is 388 g/mol. The smallest absolute Gasteiger partial charge is 0.261 e. The van der Waals surface area contributed by atoms with Crippen LogP contribution < -0.4 is 14.8 Å². The number of amides is 1. The highest BCUT2D eigenvalue weighted by Crippen LogP contribution is 2.40. The van der Waals surface area contributed by atoms with Gasteiger partial charge in [-0.15, -0.1) is 0 Å². The molecule has 1 amide bonds. The highest BCUT2D eigenvalue weighted by Gasteiger charge is 2.35.